The fourth-order valence-corrected chi connectivity index (χ4v) is 6.20. The van der Waals surface area contributed by atoms with Crippen LogP contribution in [0.5, 0.6) is 0 Å². The molecule has 3 aliphatic heterocycles. The topological polar surface area (TPSA) is 52.3 Å². The van der Waals surface area contributed by atoms with Crippen molar-refractivity contribution in [1.82, 2.24) is 19.2 Å². The lowest BCUT2D eigenvalue weighted by Crippen LogP contribution is -2.46. The summed E-state index contributed by atoms with van der Waals surface area (Å²) in [4.78, 5) is 15.0. The Morgan fingerprint density at radius 3 is 2.73 bits per heavy atom. The van der Waals surface area contributed by atoms with Gasteiger partial charge in [-0.3, -0.25) is 9.47 Å². The minimum atomic E-state index is -0.142. The largest absolute Gasteiger partial charge is 0.378 e. The van der Waals surface area contributed by atoms with E-state index in [0.717, 1.165) is 48.8 Å². The van der Waals surface area contributed by atoms with Gasteiger partial charge in [-0.1, -0.05) is 30.0 Å². The van der Waals surface area contributed by atoms with Gasteiger partial charge in [-0.25, -0.2) is 13.9 Å². The maximum Gasteiger partial charge on any atom is 0.346 e. The molecule has 1 aromatic carbocycles. The Hall–Kier alpha value is -1.64. The number of thioether (sulfide) groups is 1. The van der Waals surface area contributed by atoms with Gasteiger partial charge in [0.05, 0.1) is 12.7 Å². The molecule has 4 heterocycles. The number of hydrogen-bond donors (Lipinski definition) is 0. The van der Waals surface area contributed by atoms with Crippen LogP contribution in [0, 0.1) is 5.82 Å². The molecule has 3 aliphatic rings. The third kappa shape index (κ3) is 4.09. The van der Waals surface area contributed by atoms with Crippen LogP contribution in [0.1, 0.15) is 37.7 Å². The van der Waals surface area contributed by atoms with Crippen LogP contribution in [-0.4, -0.2) is 56.3 Å². The molecule has 2 aromatic rings. The van der Waals surface area contributed by atoms with E-state index in [1.807, 2.05) is 12.1 Å². The third-order valence-electron chi connectivity index (χ3n) is 6.75. The van der Waals surface area contributed by atoms with Crippen LogP contribution in [0.4, 0.5) is 4.39 Å². The lowest BCUT2D eigenvalue weighted by molar-refractivity contribution is -0.0193. The summed E-state index contributed by atoms with van der Waals surface area (Å²) in [5.41, 5.74) is 0.775. The molecule has 2 fully saturated rings. The SMILES string of the molecule is O=c1n(CCCN2C3CCC2CC(OCCc2ccccc2F)C3)nc2n1CCS2. The molecule has 0 N–H and O–H groups in total. The fraction of sp³-hybridized carbons (Fsp3) is 0.636. The van der Waals surface area contributed by atoms with Gasteiger partial charge < -0.3 is 4.74 Å². The molecule has 8 heteroatoms. The van der Waals surface area contributed by atoms with Gasteiger partial charge in [-0.2, -0.15) is 0 Å². The Labute approximate surface area is 180 Å². The molecule has 5 rings (SSSR count). The maximum atomic E-state index is 13.8. The summed E-state index contributed by atoms with van der Waals surface area (Å²) in [7, 11) is 0. The van der Waals surface area contributed by atoms with Crippen molar-refractivity contribution >= 4 is 11.8 Å². The van der Waals surface area contributed by atoms with E-state index in [0.29, 0.717) is 31.7 Å². The first-order chi connectivity index (χ1) is 14.7. The smallest absolute Gasteiger partial charge is 0.346 e. The van der Waals surface area contributed by atoms with Crippen LogP contribution in [0.15, 0.2) is 34.2 Å². The van der Waals surface area contributed by atoms with Gasteiger partial charge in [0, 0.05) is 37.5 Å². The van der Waals surface area contributed by atoms with Gasteiger partial charge in [-0.15, -0.1) is 5.10 Å². The molecule has 2 unspecified atom stereocenters. The Morgan fingerprint density at radius 2 is 1.97 bits per heavy atom. The van der Waals surface area contributed by atoms with Crippen molar-refractivity contribution in [2.24, 2.45) is 0 Å². The zero-order chi connectivity index (χ0) is 20.5. The Bertz CT molecular complexity index is 931. The van der Waals surface area contributed by atoms with E-state index in [1.54, 1.807) is 27.1 Å². The highest BCUT2D eigenvalue weighted by Gasteiger charge is 2.40. The molecule has 1 aromatic heterocycles. The minimum absolute atomic E-state index is 0.0416. The number of aryl methyl sites for hydroxylation is 1. The predicted molar refractivity (Wildman–Crippen MR) is 114 cm³/mol. The molecule has 162 valence electrons. The molecule has 0 spiro atoms. The molecule has 30 heavy (non-hydrogen) atoms. The first kappa shape index (κ1) is 20.3. The summed E-state index contributed by atoms with van der Waals surface area (Å²) >= 11 is 1.67. The van der Waals surface area contributed by atoms with E-state index in [2.05, 4.69) is 10.00 Å². The third-order valence-corrected chi connectivity index (χ3v) is 7.69. The first-order valence-electron chi connectivity index (χ1n) is 11.1. The van der Waals surface area contributed by atoms with Gasteiger partial charge in [0.25, 0.3) is 0 Å². The first-order valence-corrected chi connectivity index (χ1v) is 12.1. The summed E-state index contributed by atoms with van der Waals surface area (Å²) in [6, 6.07) is 8.09. The van der Waals surface area contributed by atoms with Crippen molar-refractivity contribution in [3.05, 3.63) is 46.1 Å². The van der Waals surface area contributed by atoms with E-state index in [4.69, 9.17) is 4.74 Å². The second kappa shape index (κ2) is 8.85. The van der Waals surface area contributed by atoms with Crippen LogP contribution < -0.4 is 5.69 Å². The number of piperidine rings is 1. The van der Waals surface area contributed by atoms with Crippen molar-refractivity contribution in [2.45, 2.75) is 75.0 Å². The van der Waals surface area contributed by atoms with Gasteiger partial charge in [-0.05, 0) is 50.2 Å². The van der Waals surface area contributed by atoms with Crippen molar-refractivity contribution in [3.63, 3.8) is 0 Å². The Kier molecular flexibility index (Phi) is 5.98. The van der Waals surface area contributed by atoms with Crippen LogP contribution in [-0.2, 0) is 24.2 Å². The molecule has 0 amide bonds. The highest BCUT2D eigenvalue weighted by Crippen LogP contribution is 2.37. The molecular formula is C22H29FN4O2S. The number of hydrogen-bond acceptors (Lipinski definition) is 5. The highest BCUT2D eigenvalue weighted by molar-refractivity contribution is 7.99. The molecule has 0 aliphatic carbocycles. The van der Waals surface area contributed by atoms with Gasteiger partial charge >= 0.3 is 5.69 Å². The van der Waals surface area contributed by atoms with E-state index in [9.17, 15) is 9.18 Å². The number of fused-ring (bicyclic) bond motifs is 3. The fourth-order valence-electron chi connectivity index (χ4n) is 5.26. The van der Waals surface area contributed by atoms with Crippen LogP contribution in [0.2, 0.25) is 0 Å². The number of benzene rings is 1. The number of halogens is 1. The monoisotopic (exact) mass is 432 g/mol. The molecule has 0 radical (unpaired) electrons. The molecule has 2 atom stereocenters. The lowest BCUT2D eigenvalue weighted by atomic mass is 9.99. The summed E-state index contributed by atoms with van der Waals surface area (Å²) < 4.78 is 23.3. The maximum absolute atomic E-state index is 13.8. The summed E-state index contributed by atoms with van der Waals surface area (Å²) in [5, 5.41) is 5.34. The van der Waals surface area contributed by atoms with E-state index >= 15 is 0 Å². The Morgan fingerprint density at radius 1 is 1.17 bits per heavy atom. The Balaban J connectivity index is 1.08. The molecule has 2 bridgehead atoms. The van der Waals surface area contributed by atoms with E-state index in [1.165, 1.54) is 18.9 Å². The molecular weight excluding hydrogens is 403 g/mol. The van der Waals surface area contributed by atoms with Crippen molar-refractivity contribution in [1.29, 1.82) is 0 Å². The molecule has 0 saturated carbocycles. The second-order valence-electron chi connectivity index (χ2n) is 8.57. The zero-order valence-corrected chi connectivity index (χ0v) is 18.0. The minimum Gasteiger partial charge on any atom is -0.378 e. The highest BCUT2D eigenvalue weighted by atomic mass is 32.2. The average Bonchev–Trinajstić information content (AvgIpc) is 3.38. The second-order valence-corrected chi connectivity index (χ2v) is 9.63. The average molecular weight is 433 g/mol. The normalized spacial score (nSPS) is 25.7. The summed E-state index contributed by atoms with van der Waals surface area (Å²) in [6.45, 7) is 3.07. The van der Waals surface area contributed by atoms with E-state index in [-0.39, 0.29) is 17.6 Å². The van der Waals surface area contributed by atoms with Gasteiger partial charge in [0.1, 0.15) is 5.82 Å². The van der Waals surface area contributed by atoms with Gasteiger partial charge in [0.15, 0.2) is 5.16 Å². The number of aromatic nitrogens is 3. The quantitative estimate of drug-likeness (QED) is 0.642. The summed E-state index contributed by atoms with van der Waals surface area (Å²) in [6.07, 6.45) is 6.44. The predicted octanol–water partition coefficient (Wildman–Crippen LogP) is 2.93. The number of nitrogens with zero attached hydrogens (tertiary/aromatic N) is 4. The number of rotatable bonds is 8. The standard InChI is InChI=1S/C22H29FN4O2S/c23-20-5-2-1-4-16(20)8-12-29-19-14-17-6-7-18(15-19)25(17)9-3-10-27-22(28)26-11-13-30-21(26)24-27/h1-2,4-5,17-19H,3,6-15H2. The zero-order valence-electron chi connectivity index (χ0n) is 17.2. The van der Waals surface area contributed by atoms with Crippen LogP contribution >= 0.6 is 11.8 Å². The summed E-state index contributed by atoms with van der Waals surface area (Å²) in [5.74, 6) is 0.815. The number of ether oxygens (including phenoxy) is 1. The van der Waals surface area contributed by atoms with Crippen molar-refractivity contribution in [2.75, 3.05) is 18.9 Å². The van der Waals surface area contributed by atoms with Crippen molar-refractivity contribution < 1.29 is 9.13 Å². The van der Waals surface area contributed by atoms with Crippen LogP contribution in [0.25, 0.3) is 0 Å². The van der Waals surface area contributed by atoms with Crippen molar-refractivity contribution in [3.8, 4) is 0 Å². The van der Waals surface area contributed by atoms with Gasteiger partial charge in [0.2, 0.25) is 0 Å². The lowest BCUT2D eigenvalue weighted by Gasteiger charge is -2.38. The van der Waals surface area contributed by atoms with Crippen LogP contribution in [0.3, 0.4) is 0 Å². The molecule has 2 saturated heterocycles. The molecule has 6 nitrogen and oxygen atoms in total. The van der Waals surface area contributed by atoms with E-state index < -0.39 is 0 Å².